The average molecular weight is 628 g/mol. The summed E-state index contributed by atoms with van der Waals surface area (Å²) < 4.78 is 0. The third-order valence-electron chi connectivity index (χ3n) is 5.72. The van der Waals surface area contributed by atoms with Gasteiger partial charge in [0, 0.05) is 46.4 Å². The molecular weight excluding hydrogens is 580 g/mol. The zero-order valence-corrected chi connectivity index (χ0v) is 26.3. The Labute approximate surface area is 246 Å². The predicted molar refractivity (Wildman–Crippen MR) is 172 cm³/mol. The molecule has 1 heterocycles. The van der Waals surface area contributed by atoms with Crippen molar-refractivity contribution in [2.24, 2.45) is 0 Å². The number of nitrogens with one attached hydrogen (secondary N) is 3. The second kappa shape index (κ2) is 22.4. The van der Waals surface area contributed by atoms with Crippen LogP contribution >= 0.6 is 27.7 Å². The summed E-state index contributed by atoms with van der Waals surface area (Å²) in [7, 11) is 0. The first-order valence-electron chi connectivity index (χ1n) is 12.8. The average Bonchev–Trinajstić information content (AvgIpc) is 3.16. The monoisotopic (exact) mass is 626 g/mol. The van der Waals surface area contributed by atoms with Crippen LogP contribution in [0, 0.1) is 13.8 Å². The lowest BCUT2D eigenvalue weighted by Crippen LogP contribution is -2.35. The summed E-state index contributed by atoms with van der Waals surface area (Å²) in [5, 5.41) is 5.81. The number of amides is 2. The minimum absolute atomic E-state index is 0. The van der Waals surface area contributed by atoms with E-state index in [-0.39, 0.29) is 22.8 Å². The van der Waals surface area contributed by atoms with E-state index >= 15 is 0 Å². The van der Waals surface area contributed by atoms with Crippen molar-refractivity contribution in [1.82, 2.24) is 20.5 Å². The number of alkyl halides is 1. The quantitative estimate of drug-likeness (QED) is 0.0780. The Kier molecular flexibility index (Phi) is 22.3. The van der Waals surface area contributed by atoms with Gasteiger partial charge in [-0.15, -0.1) is 6.58 Å². The number of allylic oxidation sites excluding steroid dienone is 3. The zero-order chi connectivity index (χ0) is 27.6. The maximum atomic E-state index is 12.9. The lowest BCUT2D eigenvalue weighted by atomic mass is 10.1. The van der Waals surface area contributed by atoms with Gasteiger partial charge < -0.3 is 31.5 Å². The molecule has 0 fully saturated rings. The molecule has 1 aromatic heterocycles. The van der Waals surface area contributed by atoms with Gasteiger partial charge in [-0.05, 0) is 58.1 Å². The van der Waals surface area contributed by atoms with E-state index in [9.17, 15) is 9.59 Å². The number of rotatable bonds is 17. The number of nitrogens with zero attached hydrogens (tertiary/aromatic N) is 1. The van der Waals surface area contributed by atoms with E-state index in [4.69, 9.17) is 0 Å². The maximum Gasteiger partial charge on any atom is 0.255 e. The number of carbonyl (C=O) groups is 2. The van der Waals surface area contributed by atoms with Crippen LogP contribution in [0.4, 0.5) is 0 Å². The van der Waals surface area contributed by atoms with Crippen LogP contribution in [0.15, 0.2) is 54.8 Å². The molecule has 1 rings (SSSR count). The van der Waals surface area contributed by atoms with Crippen LogP contribution in [-0.2, 0) is 4.79 Å². The van der Waals surface area contributed by atoms with Crippen LogP contribution in [-0.4, -0.2) is 75.2 Å². The number of hydrogen-bond donors (Lipinski definition) is 3. The smallest absolute Gasteiger partial charge is 0.255 e. The molecule has 0 aromatic carbocycles. The lowest BCUT2D eigenvalue weighted by Gasteiger charge is -2.18. The summed E-state index contributed by atoms with van der Waals surface area (Å²) in [6, 6.07) is 0. The summed E-state index contributed by atoms with van der Waals surface area (Å²) in [5.74, 6) is 1.35. The molecule has 0 saturated carbocycles. The van der Waals surface area contributed by atoms with Gasteiger partial charge in [-0.2, -0.15) is 11.8 Å². The number of thioether (sulfide) groups is 1. The van der Waals surface area contributed by atoms with E-state index < -0.39 is 0 Å². The molecule has 0 radical (unpaired) electrons. The number of likely N-dealkylation sites (N-methyl/N-ethyl adjacent to an activating group) is 1. The van der Waals surface area contributed by atoms with Crippen molar-refractivity contribution in [1.29, 1.82) is 0 Å². The van der Waals surface area contributed by atoms with Crippen LogP contribution in [0.25, 0.3) is 6.08 Å². The molecule has 10 heteroatoms. The first-order valence-corrected chi connectivity index (χ1v) is 14.8. The first kappa shape index (κ1) is 38.8. The molecule has 1 aromatic rings. The first-order chi connectivity index (χ1) is 17.8. The van der Waals surface area contributed by atoms with Gasteiger partial charge in [0.2, 0.25) is 0 Å². The van der Waals surface area contributed by atoms with Gasteiger partial charge in [-0.3, -0.25) is 9.59 Å². The second-order valence-electron chi connectivity index (χ2n) is 8.43. The largest absolute Gasteiger partial charge is 0.412 e. The predicted octanol–water partition coefficient (Wildman–Crippen LogP) is 4.27. The Hall–Kier alpha value is -2.37. The lowest BCUT2D eigenvalue weighted by molar-refractivity contribution is -0.116. The fraction of sp³-hybridized carbons (Fsp3) is 0.448. The standard InChI is InChI=1S/C29H43BrN4O2S.2H2O/c1-7-13-25(30)15-12-20-37-19-11-14-24(28(35)31-16-8-2)21-26-22(5)27(23(6)33-26)29(36)32-17-18-34(9-3)10-4;;/h7-8,11-12,14-16,21,25,33H,1,9-10,13,17-20H2,2-6H3,(H,31,35)(H,32,36);2*1H2/b14-11+,15-12+,16-8+,24-21-;;. The minimum Gasteiger partial charge on any atom is -0.412 e. The topological polar surface area (TPSA) is 140 Å². The van der Waals surface area contributed by atoms with Crippen molar-refractivity contribution in [3.63, 3.8) is 0 Å². The van der Waals surface area contributed by atoms with E-state index in [1.807, 2.05) is 39.0 Å². The normalized spacial score (nSPS) is 12.5. The summed E-state index contributed by atoms with van der Waals surface area (Å²) in [5.41, 5.74) is 3.50. The molecule has 8 nitrogen and oxygen atoms in total. The van der Waals surface area contributed by atoms with Crippen LogP contribution in [0.2, 0.25) is 0 Å². The van der Waals surface area contributed by atoms with Crippen molar-refractivity contribution >= 4 is 45.6 Å². The summed E-state index contributed by atoms with van der Waals surface area (Å²) in [6.45, 7) is 16.9. The van der Waals surface area contributed by atoms with Gasteiger partial charge in [0.25, 0.3) is 11.8 Å². The van der Waals surface area contributed by atoms with E-state index in [0.717, 1.165) is 54.5 Å². The summed E-state index contributed by atoms with van der Waals surface area (Å²) in [6.07, 6.45) is 16.1. The Morgan fingerprint density at radius 1 is 1.15 bits per heavy atom. The van der Waals surface area contributed by atoms with Crippen LogP contribution in [0.5, 0.6) is 0 Å². The van der Waals surface area contributed by atoms with Crippen molar-refractivity contribution < 1.29 is 20.5 Å². The Balaban J connectivity index is 0. The molecule has 0 aliphatic rings. The zero-order valence-electron chi connectivity index (χ0n) is 23.9. The molecule has 2 amide bonds. The van der Waals surface area contributed by atoms with Crippen molar-refractivity contribution in [3.05, 3.63) is 77.3 Å². The molecular formula is C29H47BrN4O4S. The third kappa shape index (κ3) is 14.5. The van der Waals surface area contributed by atoms with Crippen molar-refractivity contribution in [2.75, 3.05) is 37.7 Å². The van der Waals surface area contributed by atoms with Gasteiger partial charge in [-0.1, -0.05) is 66.2 Å². The molecule has 0 spiro atoms. The van der Waals surface area contributed by atoms with Crippen molar-refractivity contribution in [3.8, 4) is 0 Å². The summed E-state index contributed by atoms with van der Waals surface area (Å²) in [4.78, 5) is 31.6. The molecule has 0 bridgehead atoms. The third-order valence-corrected chi connectivity index (χ3v) is 7.25. The highest BCUT2D eigenvalue weighted by molar-refractivity contribution is 9.09. The van der Waals surface area contributed by atoms with Gasteiger partial charge in [-0.25, -0.2) is 0 Å². The summed E-state index contributed by atoms with van der Waals surface area (Å²) >= 11 is 5.34. The number of aryl methyl sites for hydroxylation is 1. The molecule has 39 heavy (non-hydrogen) atoms. The van der Waals surface area contributed by atoms with Crippen molar-refractivity contribution in [2.45, 2.75) is 45.9 Å². The van der Waals surface area contributed by atoms with E-state index in [2.05, 4.69) is 69.0 Å². The molecule has 220 valence electrons. The van der Waals surface area contributed by atoms with Crippen LogP contribution in [0.1, 0.15) is 54.5 Å². The number of aromatic nitrogens is 1. The fourth-order valence-corrected chi connectivity index (χ4v) is 4.72. The molecule has 1 atom stereocenters. The van der Waals surface area contributed by atoms with E-state index in [1.165, 1.54) is 0 Å². The van der Waals surface area contributed by atoms with E-state index in [0.29, 0.717) is 22.5 Å². The number of aromatic amines is 1. The maximum absolute atomic E-state index is 12.9. The van der Waals surface area contributed by atoms with Crippen LogP contribution < -0.4 is 10.6 Å². The Morgan fingerprint density at radius 3 is 2.44 bits per heavy atom. The van der Waals surface area contributed by atoms with E-state index in [1.54, 1.807) is 30.1 Å². The highest BCUT2D eigenvalue weighted by atomic mass is 79.9. The van der Waals surface area contributed by atoms with Gasteiger partial charge in [0.05, 0.1) is 5.56 Å². The fourth-order valence-electron chi connectivity index (χ4n) is 3.62. The van der Waals surface area contributed by atoms with Crippen LogP contribution in [0.3, 0.4) is 0 Å². The Morgan fingerprint density at radius 2 is 1.82 bits per heavy atom. The molecule has 0 saturated heterocycles. The van der Waals surface area contributed by atoms with Gasteiger partial charge in [0.1, 0.15) is 0 Å². The number of H-pyrrole nitrogens is 1. The highest BCUT2D eigenvalue weighted by Gasteiger charge is 2.18. The minimum atomic E-state index is -0.206. The SMILES string of the molecule is C=CCC(Br)/C=C/CSC/C=C/C(=C/c1[nH]c(C)c(C(=O)NCCN(CC)CC)c1C)C(=O)N/C=C/C.O.O. The second-order valence-corrected chi connectivity index (χ2v) is 10.7. The molecule has 0 aliphatic heterocycles. The number of carbonyl (C=O) groups excluding carboxylic acids is 2. The van der Waals surface area contributed by atoms with Gasteiger partial charge in [0.15, 0.2) is 0 Å². The molecule has 1 unspecified atom stereocenters. The number of halogens is 1. The van der Waals surface area contributed by atoms with Gasteiger partial charge >= 0.3 is 0 Å². The highest BCUT2D eigenvalue weighted by Crippen LogP contribution is 2.21. The Bertz CT molecular complexity index is 998. The molecule has 7 N–H and O–H groups in total. The number of hydrogen-bond acceptors (Lipinski definition) is 4. The molecule has 0 aliphatic carbocycles.